The number of carbonyl (C=O) groups is 2. The maximum Gasteiger partial charge on any atom is 0.309 e. The molecule has 0 bridgehead atoms. The van der Waals surface area contributed by atoms with Gasteiger partial charge in [0.1, 0.15) is 12.5 Å². The average molecular weight is 287 g/mol. The van der Waals surface area contributed by atoms with E-state index in [1.807, 2.05) is 6.79 Å². The van der Waals surface area contributed by atoms with Crippen molar-refractivity contribution in [3.63, 3.8) is 0 Å². The Balaban J connectivity index is -0.000000277. The number of carbonyl (C=O) groups excluding carboxylic acids is 2. The summed E-state index contributed by atoms with van der Waals surface area (Å²) in [6.45, 7) is 2.00. The van der Waals surface area contributed by atoms with Gasteiger partial charge in [0.2, 0.25) is 0 Å². The Labute approximate surface area is 126 Å². The van der Waals surface area contributed by atoms with Crippen LogP contribution in [0.25, 0.3) is 0 Å². The van der Waals surface area contributed by atoms with Crippen LogP contribution in [0.2, 0.25) is 0 Å². The third-order valence-electron chi connectivity index (χ3n) is 1.13. The minimum Gasteiger partial charge on any atom is -0.508 e. The first kappa shape index (κ1) is 22.1. The maximum atomic E-state index is 10.4. The number of aromatic hydroxyl groups is 1. The Morgan fingerprint density at radius 3 is 1.61 bits per heavy atom. The summed E-state index contributed by atoms with van der Waals surface area (Å²) in [7, 11) is -4.13. The van der Waals surface area contributed by atoms with Gasteiger partial charge in [-0.1, -0.05) is 0 Å². The van der Waals surface area contributed by atoms with Crippen LogP contribution in [0.15, 0.2) is 29.2 Å². The second-order valence-electron chi connectivity index (χ2n) is 2.37. The first-order chi connectivity index (χ1) is 7.73. The van der Waals surface area contributed by atoms with Crippen molar-refractivity contribution in [3.8, 4) is 5.75 Å². The van der Waals surface area contributed by atoms with E-state index >= 15 is 0 Å². The third-order valence-corrected chi connectivity index (χ3v) is 2.00. The van der Waals surface area contributed by atoms with E-state index < -0.39 is 16.1 Å². The maximum absolute atomic E-state index is 10.4. The van der Waals surface area contributed by atoms with Gasteiger partial charge in [-0.25, -0.2) is 4.79 Å². The molecule has 2 amide bonds. The van der Waals surface area contributed by atoms with Crippen molar-refractivity contribution in [2.24, 2.45) is 11.5 Å². The van der Waals surface area contributed by atoms with Gasteiger partial charge in [-0.05, 0) is 24.3 Å². The fourth-order valence-electron chi connectivity index (χ4n) is 0.618. The van der Waals surface area contributed by atoms with E-state index in [0.29, 0.717) is 0 Å². The molecule has 0 heterocycles. The van der Waals surface area contributed by atoms with Crippen LogP contribution in [0.4, 0.5) is 4.79 Å². The van der Waals surface area contributed by atoms with Crippen LogP contribution >= 0.6 is 0 Å². The molecule has 6 N–H and O–H groups in total. The zero-order valence-electron chi connectivity index (χ0n) is 9.61. The normalized spacial score (nSPS) is 8.50. The average Bonchev–Trinajstić information content (AvgIpc) is 2.19. The topological polar surface area (TPSA) is 161 Å². The molecular weight excluding hydrogens is 275 g/mol. The van der Waals surface area contributed by atoms with Crippen LogP contribution in [0, 0.1) is 0 Å². The summed E-state index contributed by atoms with van der Waals surface area (Å²) in [4.78, 5) is 16.8. The standard InChI is InChI=1S/C6H6O4S.CH4N2O.CH2O.Na/c7-5-1-3-6(4-2-5)11(8,9)10;2-1(3)4;1-2;/h1-4,7H,(H,8,9,10);(H4,2,3,4);1H2;. The monoisotopic (exact) mass is 287 g/mol. The Hall–Kier alpha value is -1.13. The van der Waals surface area contributed by atoms with Gasteiger partial charge in [0.05, 0.1) is 4.90 Å². The van der Waals surface area contributed by atoms with Crippen LogP contribution in [0.1, 0.15) is 0 Å². The molecule has 8 nitrogen and oxygen atoms in total. The smallest absolute Gasteiger partial charge is 0.309 e. The number of hydrogen-bond acceptors (Lipinski definition) is 5. The second-order valence-corrected chi connectivity index (χ2v) is 3.79. The van der Waals surface area contributed by atoms with Crippen LogP contribution in [0.3, 0.4) is 0 Å². The number of hydrogen-bond donors (Lipinski definition) is 4. The zero-order chi connectivity index (χ0) is 14.1. The Morgan fingerprint density at radius 2 is 1.39 bits per heavy atom. The van der Waals surface area contributed by atoms with Crippen LogP contribution in [-0.2, 0) is 14.9 Å². The van der Waals surface area contributed by atoms with Crippen molar-refractivity contribution in [1.29, 1.82) is 0 Å². The van der Waals surface area contributed by atoms with Crippen molar-refractivity contribution in [2.45, 2.75) is 4.90 Å². The summed E-state index contributed by atoms with van der Waals surface area (Å²) in [6.07, 6.45) is 0. The van der Waals surface area contributed by atoms with E-state index in [4.69, 9.17) is 19.2 Å². The molecular formula is C8H12N2NaO6S. The van der Waals surface area contributed by atoms with Crippen molar-refractivity contribution in [1.82, 2.24) is 0 Å². The summed E-state index contributed by atoms with van der Waals surface area (Å²) in [5.74, 6) is -0.0441. The van der Waals surface area contributed by atoms with Crippen molar-refractivity contribution >= 4 is 52.5 Å². The molecule has 1 rings (SSSR count). The summed E-state index contributed by atoms with van der Waals surface area (Å²) in [5.41, 5.74) is 8.50. The quantitative estimate of drug-likeness (QED) is 0.386. The molecule has 10 heteroatoms. The number of phenols is 1. The molecule has 1 aromatic rings. The molecule has 1 radical (unpaired) electrons. The van der Waals surface area contributed by atoms with E-state index in [0.717, 1.165) is 12.1 Å². The molecule has 0 spiro atoms. The van der Waals surface area contributed by atoms with E-state index in [-0.39, 0.29) is 40.2 Å². The summed E-state index contributed by atoms with van der Waals surface area (Å²) >= 11 is 0. The van der Waals surface area contributed by atoms with Gasteiger partial charge < -0.3 is 21.4 Å². The number of rotatable bonds is 1. The zero-order valence-corrected chi connectivity index (χ0v) is 12.4. The Morgan fingerprint density at radius 1 is 1.11 bits per heavy atom. The van der Waals surface area contributed by atoms with Gasteiger partial charge in [0.15, 0.2) is 0 Å². The molecule has 0 fully saturated rings. The predicted octanol–water partition coefficient (Wildman–Crippen LogP) is -0.903. The first-order valence-corrected chi connectivity index (χ1v) is 5.28. The van der Waals surface area contributed by atoms with Crippen molar-refractivity contribution < 1.29 is 27.7 Å². The van der Waals surface area contributed by atoms with Gasteiger partial charge in [-0.2, -0.15) is 8.42 Å². The number of primary amides is 2. The molecule has 0 aromatic heterocycles. The third kappa shape index (κ3) is 12.9. The van der Waals surface area contributed by atoms with E-state index in [9.17, 15) is 8.42 Å². The van der Waals surface area contributed by atoms with E-state index in [1.54, 1.807) is 0 Å². The fourth-order valence-corrected chi connectivity index (χ4v) is 1.10. The summed E-state index contributed by atoms with van der Waals surface area (Å²) in [5, 5.41) is 8.75. The molecule has 0 saturated carbocycles. The number of benzene rings is 1. The predicted molar refractivity (Wildman–Crippen MR) is 64.6 cm³/mol. The minimum atomic E-state index is -4.13. The number of urea groups is 1. The molecule has 0 aliphatic heterocycles. The van der Waals surface area contributed by atoms with E-state index in [2.05, 4.69) is 11.5 Å². The van der Waals surface area contributed by atoms with E-state index in [1.165, 1.54) is 12.1 Å². The van der Waals surface area contributed by atoms with Crippen molar-refractivity contribution in [3.05, 3.63) is 24.3 Å². The number of nitrogens with two attached hydrogens (primary N) is 2. The second kappa shape index (κ2) is 11.0. The van der Waals surface area contributed by atoms with Gasteiger partial charge in [-0.3, -0.25) is 4.55 Å². The van der Waals surface area contributed by atoms with Crippen LogP contribution in [-0.4, -0.2) is 60.5 Å². The molecule has 97 valence electrons. The molecule has 18 heavy (non-hydrogen) atoms. The van der Waals surface area contributed by atoms with Crippen LogP contribution < -0.4 is 11.5 Å². The molecule has 1 aromatic carbocycles. The minimum absolute atomic E-state index is 0. The molecule has 0 aliphatic rings. The largest absolute Gasteiger partial charge is 0.508 e. The fraction of sp³-hybridized carbons (Fsp3) is 0. The molecule has 0 unspecified atom stereocenters. The summed E-state index contributed by atoms with van der Waals surface area (Å²) < 4.78 is 29.3. The Kier molecular flexibility index (Phi) is 13.5. The number of phenolic OH excluding ortho intramolecular Hbond substituents is 1. The van der Waals surface area contributed by atoms with Crippen LogP contribution in [0.5, 0.6) is 5.75 Å². The molecule has 0 aliphatic carbocycles. The van der Waals surface area contributed by atoms with Gasteiger partial charge in [-0.15, -0.1) is 0 Å². The SMILES string of the molecule is C=O.NC(N)=O.O=S(=O)(O)c1ccc(O)cc1.[Na]. The molecule has 0 atom stereocenters. The van der Waals surface area contributed by atoms with Gasteiger partial charge >= 0.3 is 6.03 Å². The Bertz CT molecular complexity index is 443. The van der Waals surface area contributed by atoms with Gasteiger partial charge in [0, 0.05) is 29.6 Å². The molecule has 0 saturated heterocycles. The number of amides is 2. The first-order valence-electron chi connectivity index (χ1n) is 3.84. The van der Waals surface area contributed by atoms with Gasteiger partial charge in [0.25, 0.3) is 10.1 Å². The summed E-state index contributed by atoms with van der Waals surface area (Å²) in [6, 6.07) is 3.77. The van der Waals surface area contributed by atoms with Crippen molar-refractivity contribution in [2.75, 3.05) is 0 Å².